The van der Waals surface area contributed by atoms with E-state index < -0.39 is 15.4 Å². The number of anilines is 3. The van der Waals surface area contributed by atoms with Crippen molar-refractivity contribution >= 4 is 38.4 Å². The van der Waals surface area contributed by atoms with Gasteiger partial charge in [0.05, 0.1) is 5.52 Å². The summed E-state index contributed by atoms with van der Waals surface area (Å²) in [5.74, 6) is 1.36. The van der Waals surface area contributed by atoms with Crippen molar-refractivity contribution in [3.05, 3.63) is 78.1 Å². The van der Waals surface area contributed by atoms with E-state index >= 15 is 0 Å². The van der Waals surface area contributed by atoms with Gasteiger partial charge in [-0.25, -0.2) is 17.7 Å². The Balaban J connectivity index is 1.26. The highest BCUT2D eigenvalue weighted by Gasteiger charge is 2.43. The van der Waals surface area contributed by atoms with Gasteiger partial charge in [0.1, 0.15) is 4.90 Å². The third kappa shape index (κ3) is 4.81. The van der Waals surface area contributed by atoms with Crippen molar-refractivity contribution in [2.75, 3.05) is 30.3 Å². The number of aromatic nitrogens is 3. The molecular weight excluding hydrogens is 520 g/mol. The maximum absolute atomic E-state index is 14.0. The Kier molecular flexibility index (Phi) is 6.74. The van der Waals surface area contributed by atoms with Crippen LogP contribution < -0.4 is 9.62 Å². The third-order valence-electron chi connectivity index (χ3n) is 8.50. The molecule has 4 aromatic rings. The first-order valence-electron chi connectivity index (χ1n) is 13.9. The van der Waals surface area contributed by atoms with Crippen molar-refractivity contribution in [2.45, 2.75) is 61.8 Å². The second-order valence-electron chi connectivity index (χ2n) is 11.9. The lowest BCUT2D eigenvalue weighted by molar-refractivity contribution is 0.216. The maximum atomic E-state index is 14.0. The monoisotopic (exact) mass is 556 g/mol. The summed E-state index contributed by atoms with van der Waals surface area (Å²) in [5.41, 5.74) is 3.06. The first-order valence-corrected chi connectivity index (χ1v) is 15.3. The summed E-state index contributed by atoms with van der Waals surface area (Å²) in [6.45, 7) is 4.31. The van der Waals surface area contributed by atoms with E-state index in [1.807, 2.05) is 26.0 Å². The van der Waals surface area contributed by atoms with Gasteiger partial charge >= 0.3 is 0 Å². The predicted molar refractivity (Wildman–Crippen MR) is 160 cm³/mol. The SMILES string of the molecule is CN(C)C1CCC(c2ccc(Nc3ncc4c(n3)N(S(=O)(=O)c3cccc5cccnc35)CC4(C)C)cc2)CC1. The summed E-state index contributed by atoms with van der Waals surface area (Å²) in [5, 5.41) is 4.07. The predicted octanol–water partition coefficient (Wildman–Crippen LogP) is 5.84. The molecule has 9 heteroatoms. The first kappa shape index (κ1) is 26.7. The minimum atomic E-state index is -3.92. The quantitative estimate of drug-likeness (QED) is 0.319. The van der Waals surface area contributed by atoms with E-state index in [-0.39, 0.29) is 11.4 Å². The molecule has 6 rings (SSSR count). The second kappa shape index (κ2) is 10.1. The fourth-order valence-corrected chi connectivity index (χ4v) is 7.88. The van der Waals surface area contributed by atoms with Crippen LogP contribution in [0, 0.1) is 0 Å². The Morgan fingerprint density at radius 3 is 2.40 bits per heavy atom. The smallest absolute Gasteiger partial charge is 0.267 e. The molecule has 1 aliphatic carbocycles. The van der Waals surface area contributed by atoms with Crippen molar-refractivity contribution in [2.24, 2.45) is 0 Å². The number of benzene rings is 2. The van der Waals surface area contributed by atoms with Gasteiger partial charge in [-0.2, -0.15) is 4.98 Å². The number of nitrogens with one attached hydrogen (secondary N) is 1. The molecule has 1 saturated carbocycles. The van der Waals surface area contributed by atoms with Gasteiger partial charge in [-0.15, -0.1) is 0 Å². The lowest BCUT2D eigenvalue weighted by Gasteiger charge is -2.32. The fraction of sp³-hybridized carbons (Fsp3) is 0.387. The second-order valence-corrected chi connectivity index (χ2v) is 13.7. The van der Waals surface area contributed by atoms with Crippen LogP contribution in [0.15, 0.2) is 71.9 Å². The maximum Gasteiger partial charge on any atom is 0.267 e. The molecule has 40 heavy (non-hydrogen) atoms. The van der Waals surface area contributed by atoms with Crippen LogP contribution in [-0.4, -0.2) is 55.0 Å². The van der Waals surface area contributed by atoms with Gasteiger partial charge in [-0.1, -0.05) is 44.2 Å². The molecule has 2 aliphatic rings. The highest BCUT2D eigenvalue weighted by atomic mass is 32.2. The highest BCUT2D eigenvalue weighted by molar-refractivity contribution is 7.93. The minimum Gasteiger partial charge on any atom is -0.324 e. The molecule has 8 nitrogen and oxygen atoms in total. The van der Waals surface area contributed by atoms with Crippen LogP contribution in [-0.2, 0) is 15.4 Å². The van der Waals surface area contributed by atoms with Crippen molar-refractivity contribution in [1.82, 2.24) is 19.9 Å². The first-order chi connectivity index (χ1) is 19.1. The van der Waals surface area contributed by atoms with E-state index in [1.165, 1.54) is 35.6 Å². The van der Waals surface area contributed by atoms with Crippen LogP contribution in [0.2, 0.25) is 0 Å². The molecule has 0 spiro atoms. The number of pyridine rings is 1. The van der Waals surface area contributed by atoms with Crippen LogP contribution in [0.5, 0.6) is 0 Å². The fourth-order valence-electron chi connectivity index (χ4n) is 6.11. The average Bonchev–Trinajstić information content (AvgIpc) is 3.23. The normalized spacial score (nSPS) is 20.6. The molecule has 2 aromatic heterocycles. The molecule has 1 aliphatic heterocycles. The summed E-state index contributed by atoms with van der Waals surface area (Å²) in [7, 11) is 0.422. The summed E-state index contributed by atoms with van der Waals surface area (Å²) in [6.07, 6.45) is 8.23. The van der Waals surface area contributed by atoms with Crippen molar-refractivity contribution in [1.29, 1.82) is 0 Å². The van der Waals surface area contributed by atoms with Gasteiger partial charge < -0.3 is 10.2 Å². The Bertz CT molecular complexity index is 1640. The van der Waals surface area contributed by atoms with Gasteiger partial charge in [0.25, 0.3) is 10.0 Å². The van der Waals surface area contributed by atoms with Crippen molar-refractivity contribution in [3.8, 4) is 0 Å². The molecule has 2 aromatic carbocycles. The van der Waals surface area contributed by atoms with Crippen LogP contribution in [0.3, 0.4) is 0 Å². The summed E-state index contributed by atoms with van der Waals surface area (Å²) < 4.78 is 29.4. The van der Waals surface area contributed by atoms with Crippen LogP contribution in [0.1, 0.15) is 56.6 Å². The molecule has 1 N–H and O–H groups in total. The van der Waals surface area contributed by atoms with Crippen LogP contribution >= 0.6 is 0 Å². The zero-order chi connectivity index (χ0) is 28.1. The van der Waals surface area contributed by atoms with Crippen molar-refractivity contribution < 1.29 is 8.42 Å². The summed E-state index contributed by atoms with van der Waals surface area (Å²) in [6, 6.07) is 18.1. The Morgan fingerprint density at radius 1 is 0.950 bits per heavy atom. The van der Waals surface area contributed by atoms with Gasteiger partial charge in [-0.05, 0) is 75.5 Å². The van der Waals surface area contributed by atoms with E-state index in [9.17, 15) is 8.42 Å². The number of nitrogens with zero attached hydrogens (tertiary/aromatic N) is 5. The van der Waals surface area contributed by atoms with Gasteiger partial charge in [-0.3, -0.25) is 4.98 Å². The lowest BCUT2D eigenvalue weighted by atomic mass is 9.81. The molecule has 3 heterocycles. The van der Waals surface area contributed by atoms with Crippen molar-refractivity contribution in [3.63, 3.8) is 0 Å². The highest BCUT2D eigenvalue weighted by Crippen LogP contribution is 2.43. The Morgan fingerprint density at radius 2 is 1.68 bits per heavy atom. The Hall–Kier alpha value is -3.56. The molecule has 0 atom stereocenters. The van der Waals surface area contributed by atoms with E-state index in [0.717, 1.165) is 16.6 Å². The van der Waals surface area contributed by atoms with Crippen LogP contribution in [0.4, 0.5) is 17.5 Å². The minimum absolute atomic E-state index is 0.178. The number of fused-ring (bicyclic) bond motifs is 2. The summed E-state index contributed by atoms with van der Waals surface area (Å²) in [4.78, 5) is 16.2. The molecular formula is C31H36N6O2S. The third-order valence-corrected chi connectivity index (χ3v) is 10.3. The van der Waals surface area contributed by atoms with Gasteiger partial charge in [0.2, 0.25) is 5.95 Å². The number of hydrogen-bond acceptors (Lipinski definition) is 7. The van der Waals surface area contributed by atoms with Gasteiger partial charge in [0, 0.05) is 47.0 Å². The van der Waals surface area contributed by atoms with E-state index in [1.54, 1.807) is 30.6 Å². The zero-order valence-corrected chi connectivity index (χ0v) is 24.3. The molecule has 0 amide bonds. The number of para-hydroxylation sites is 1. The largest absolute Gasteiger partial charge is 0.324 e. The molecule has 0 bridgehead atoms. The molecule has 0 unspecified atom stereocenters. The number of rotatable bonds is 6. The van der Waals surface area contributed by atoms with E-state index in [0.29, 0.717) is 29.2 Å². The zero-order valence-electron chi connectivity index (χ0n) is 23.5. The molecule has 208 valence electrons. The molecule has 0 radical (unpaired) electrons. The van der Waals surface area contributed by atoms with E-state index in [4.69, 9.17) is 4.98 Å². The van der Waals surface area contributed by atoms with Gasteiger partial charge in [0.15, 0.2) is 5.82 Å². The standard InChI is InChI=1S/C31H36N6O2S/c1-31(2)20-37(40(38,39)27-9-5-7-23-8-6-18-32-28(23)27)29-26(31)19-33-30(35-29)34-24-14-10-21(11-15-24)22-12-16-25(17-13-22)36(3)4/h5-11,14-15,18-19,22,25H,12-13,16-17,20H2,1-4H3,(H,33,34,35). The molecule has 1 fully saturated rings. The lowest BCUT2D eigenvalue weighted by Crippen LogP contribution is -2.34. The van der Waals surface area contributed by atoms with Crippen LogP contribution in [0.25, 0.3) is 10.9 Å². The average molecular weight is 557 g/mol. The molecule has 0 saturated heterocycles. The number of sulfonamides is 1. The summed E-state index contributed by atoms with van der Waals surface area (Å²) >= 11 is 0. The topological polar surface area (TPSA) is 91.3 Å². The number of hydrogen-bond donors (Lipinski definition) is 1. The van der Waals surface area contributed by atoms with E-state index in [2.05, 4.69) is 58.5 Å². The Labute approximate surface area is 236 Å².